The van der Waals surface area contributed by atoms with Gasteiger partial charge in [0.1, 0.15) is 12.1 Å². The number of fused-ring (bicyclic) bond motifs is 1. The largest absolute Gasteiger partial charge is 0.416 e. The molecule has 0 unspecified atom stereocenters. The van der Waals surface area contributed by atoms with Crippen LogP contribution in [-0.4, -0.2) is 16.5 Å². The van der Waals surface area contributed by atoms with Gasteiger partial charge in [-0.15, -0.1) is 0 Å². The van der Waals surface area contributed by atoms with E-state index in [9.17, 15) is 13.2 Å². The Hall–Kier alpha value is -3.09. The van der Waals surface area contributed by atoms with Crippen LogP contribution in [0.3, 0.4) is 0 Å². The minimum Gasteiger partial charge on any atom is -0.384 e. The number of aromatic nitrogens is 2. The summed E-state index contributed by atoms with van der Waals surface area (Å²) in [6.45, 7) is 0.667. The number of nitrogens with zero attached hydrogens (tertiary/aromatic N) is 2. The number of rotatable bonds is 6. The van der Waals surface area contributed by atoms with Crippen molar-refractivity contribution in [1.29, 1.82) is 0 Å². The molecule has 0 radical (unpaired) electrons. The maximum Gasteiger partial charge on any atom is 0.416 e. The highest BCUT2D eigenvalue weighted by Gasteiger charge is 2.31. The molecule has 2 aliphatic carbocycles. The normalized spacial score (nSPS) is 16.1. The molecule has 0 spiro atoms. The Labute approximate surface area is 191 Å². The minimum absolute atomic E-state index is 0.460. The van der Waals surface area contributed by atoms with E-state index in [1.165, 1.54) is 42.4 Å². The second-order valence-electron chi connectivity index (χ2n) is 9.00. The zero-order chi connectivity index (χ0) is 22.8. The quantitative estimate of drug-likeness (QED) is 0.423. The number of nitrogens with one attached hydrogen (secondary N) is 2. The third-order valence-electron chi connectivity index (χ3n) is 6.75. The first-order chi connectivity index (χ1) is 16.0. The summed E-state index contributed by atoms with van der Waals surface area (Å²) in [7, 11) is 0. The molecule has 7 heteroatoms. The number of halogens is 3. The van der Waals surface area contributed by atoms with E-state index in [0.29, 0.717) is 35.2 Å². The van der Waals surface area contributed by atoms with Gasteiger partial charge in [0.15, 0.2) is 0 Å². The van der Waals surface area contributed by atoms with Crippen molar-refractivity contribution >= 4 is 17.2 Å². The highest BCUT2D eigenvalue weighted by atomic mass is 19.4. The smallest absolute Gasteiger partial charge is 0.384 e. The van der Waals surface area contributed by atoms with E-state index in [-0.39, 0.29) is 0 Å². The van der Waals surface area contributed by atoms with Crippen LogP contribution in [0.1, 0.15) is 48.8 Å². The van der Waals surface area contributed by atoms with E-state index in [0.717, 1.165) is 43.9 Å². The lowest BCUT2D eigenvalue weighted by molar-refractivity contribution is -0.137. The molecule has 1 fully saturated rings. The second kappa shape index (κ2) is 9.04. The van der Waals surface area contributed by atoms with Crippen LogP contribution in [0.25, 0.3) is 11.3 Å². The van der Waals surface area contributed by atoms with E-state index in [1.807, 2.05) is 12.1 Å². The van der Waals surface area contributed by atoms with E-state index in [1.54, 1.807) is 6.07 Å². The van der Waals surface area contributed by atoms with Crippen LogP contribution < -0.4 is 10.6 Å². The molecule has 4 nitrogen and oxygen atoms in total. The maximum atomic E-state index is 13.4. The number of alkyl halides is 3. The number of aryl methyl sites for hydroxylation is 1. The summed E-state index contributed by atoms with van der Waals surface area (Å²) >= 11 is 0. The Morgan fingerprint density at radius 3 is 2.58 bits per heavy atom. The highest BCUT2D eigenvalue weighted by molar-refractivity contribution is 5.78. The zero-order valence-corrected chi connectivity index (χ0v) is 18.4. The fourth-order valence-corrected chi connectivity index (χ4v) is 5.01. The lowest BCUT2D eigenvalue weighted by Gasteiger charge is -2.18. The molecule has 0 bridgehead atoms. The lowest BCUT2D eigenvalue weighted by Crippen LogP contribution is -2.13. The number of anilines is 3. The monoisotopic (exact) mass is 452 g/mol. The fraction of sp³-hybridized carbons (Fsp3) is 0.385. The van der Waals surface area contributed by atoms with E-state index in [2.05, 4.69) is 26.7 Å². The van der Waals surface area contributed by atoms with Gasteiger partial charge in [-0.1, -0.05) is 31.0 Å². The van der Waals surface area contributed by atoms with Gasteiger partial charge < -0.3 is 10.6 Å². The average molecular weight is 453 g/mol. The van der Waals surface area contributed by atoms with Crippen LogP contribution in [0.4, 0.5) is 30.4 Å². The first kappa shape index (κ1) is 21.7. The SMILES string of the molecule is FC(F)(F)c1ccc(-c2cc(Nc3cccc4c3CCC4)ncn2)c(NCC2CCCC2)c1. The number of hydrogen-bond acceptors (Lipinski definition) is 4. The molecule has 5 rings (SSSR count). The van der Waals surface area contributed by atoms with Gasteiger partial charge in [-0.25, -0.2) is 9.97 Å². The van der Waals surface area contributed by atoms with Crippen molar-refractivity contribution < 1.29 is 13.2 Å². The van der Waals surface area contributed by atoms with Crippen molar-refractivity contribution in [3.8, 4) is 11.3 Å². The number of hydrogen-bond donors (Lipinski definition) is 2. The van der Waals surface area contributed by atoms with Gasteiger partial charge in [0.05, 0.1) is 11.3 Å². The van der Waals surface area contributed by atoms with E-state index >= 15 is 0 Å². The highest BCUT2D eigenvalue weighted by Crippen LogP contribution is 2.37. The predicted molar refractivity (Wildman–Crippen MR) is 125 cm³/mol. The van der Waals surface area contributed by atoms with E-state index < -0.39 is 11.7 Å². The molecule has 3 aromatic rings. The Balaban J connectivity index is 1.45. The molecular formula is C26H27F3N4. The van der Waals surface area contributed by atoms with Crippen LogP contribution in [0.2, 0.25) is 0 Å². The van der Waals surface area contributed by atoms with Gasteiger partial charge in [0.2, 0.25) is 0 Å². The first-order valence-corrected chi connectivity index (χ1v) is 11.6. The summed E-state index contributed by atoms with van der Waals surface area (Å²) in [5.74, 6) is 1.12. The molecule has 1 aromatic heterocycles. The fourth-order valence-electron chi connectivity index (χ4n) is 5.01. The molecule has 0 saturated heterocycles. The summed E-state index contributed by atoms with van der Waals surface area (Å²) in [4.78, 5) is 8.74. The summed E-state index contributed by atoms with van der Waals surface area (Å²) in [6, 6.07) is 11.9. The van der Waals surface area contributed by atoms with Gasteiger partial charge in [-0.3, -0.25) is 0 Å². The summed E-state index contributed by atoms with van der Waals surface area (Å²) in [5.41, 5.74) is 4.73. The van der Waals surface area contributed by atoms with Crippen LogP contribution >= 0.6 is 0 Å². The zero-order valence-electron chi connectivity index (χ0n) is 18.4. The molecule has 1 heterocycles. The summed E-state index contributed by atoms with van der Waals surface area (Å²) in [6.07, 6.45) is 4.93. The van der Waals surface area contributed by atoms with Gasteiger partial charge in [-0.05, 0) is 67.3 Å². The molecule has 0 aliphatic heterocycles. The molecule has 1 saturated carbocycles. The Bertz CT molecular complexity index is 1140. The number of benzene rings is 2. The van der Waals surface area contributed by atoms with E-state index in [4.69, 9.17) is 0 Å². The molecule has 2 aromatic carbocycles. The van der Waals surface area contributed by atoms with Crippen molar-refractivity contribution in [3.63, 3.8) is 0 Å². The van der Waals surface area contributed by atoms with Crippen molar-refractivity contribution in [3.05, 3.63) is 65.5 Å². The molecule has 33 heavy (non-hydrogen) atoms. The van der Waals surface area contributed by atoms with Gasteiger partial charge in [0, 0.05) is 29.5 Å². The Morgan fingerprint density at radius 1 is 0.909 bits per heavy atom. The van der Waals surface area contributed by atoms with Crippen LogP contribution in [-0.2, 0) is 19.0 Å². The van der Waals surface area contributed by atoms with Crippen molar-refractivity contribution in [1.82, 2.24) is 9.97 Å². The van der Waals surface area contributed by atoms with Gasteiger partial charge in [0.25, 0.3) is 0 Å². The van der Waals surface area contributed by atoms with Crippen molar-refractivity contribution in [2.24, 2.45) is 5.92 Å². The van der Waals surface area contributed by atoms with Crippen LogP contribution in [0, 0.1) is 5.92 Å². The molecule has 2 aliphatic rings. The third-order valence-corrected chi connectivity index (χ3v) is 6.75. The topological polar surface area (TPSA) is 49.8 Å². The Kier molecular flexibility index (Phi) is 5.96. The van der Waals surface area contributed by atoms with Gasteiger partial charge in [-0.2, -0.15) is 13.2 Å². The third kappa shape index (κ3) is 4.82. The molecule has 0 atom stereocenters. The first-order valence-electron chi connectivity index (χ1n) is 11.6. The van der Waals surface area contributed by atoms with Gasteiger partial charge >= 0.3 is 6.18 Å². The molecule has 2 N–H and O–H groups in total. The van der Waals surface area contributed by atoms with Crippen LogP contribution in [0.15, 0.2) is 48.8 Å². The molecular weight excluding hydrogens is 425 g/mol. The summed E-state index contributed by atoms with van der Waals surface area (Å²) in [5, 5.41) is 6.68. The van der Waals surface area contributed by atoms with Crippen LogP contribution in [0.5, 0.6) is 0 Å². The second-order valence-corrected chi connectivity index (χ2v) is 9.00. The standard InChI is InChI=1S/C26H27F3N4/c27-26(28,29)19-11-12-21(23(13-19)30-15-17-5-1-2-6-17)24-14-25(32-16-31-24)33-22-10-4-8-18-7-3-9-20(18)22/h4,8,10-14,16-17,30H,1-3,5-7,9,15H2,(H,31,32,33). The molecule has 172 valence electrons. The minimum atomic E-state index is -4.39. The molecule has 0 amide bonds. The average Bonchev–Trinajstić information content (AvgIpc) is 3.50. The Morgan fingerprint density at radius 2 is 1.76 bits per heavy atom. The van der Waals surface area contributed by atoms with Crippen molar-refractivity contribution in [2.75, 3.05) is 17.2 Å². The maximum absolute atomic E-state index is 13.4. The lowest BCUT2D eigenvalue weighted by atomic mass is 10.0. The summed E-state index contributed by atoms with van der Waals surface area (Å²) < 4.78 is 40.2. The predicted octanol–water partition coefficient (Wildman–Crippen LogP) is 7.00. The van der Waals surface area contributed by atoms with Crippen molar-refractivity contribution in [2.45, 2.75) is 51.1 Å².